The van der Waals surface area contributed by atoms with Gasteiger partial charge >= 0.3 is 6.03 Å². The van der Waals surface area contributed by atoms with Crippen LogP contribution in [0, 0.1) is 23.0 Å². The van der Waals surface area contributed by atoms with E-state index >= 15 is 0 Å². The van der Waals surface area contributed by atoms with Crippen molar-refractivity contribution in [3.05, 3.63) is 28.8 Å². The van der Waals surface area contributed by atoms with E-state index in [4.69, 9.17) is 10.1 Å². The van der Waals surface area contributed by atoms with E-state index in [1.165, 1.54) is 14.2 Å². The zero-order valence-corrected chi connectivity index (χ0v) is 12.5. The van der Waals surface area contributed by atoms with Gasteiger partial charge in [-0.05, 0) is 11.5 Å². The molecule has 0 aliphatic rings. The minimum atomic E-state index is -1.13. The van der Waals surface area contributed by atoms with Crippen LogP contribution in [0.3, 0.4) is 0 Å². The molecule has 1 rings (SSSR count). The molecule has 7 heteroatoms. The number of halogens is 2. The first kappa shape index (κ1) is 16.9. The maximum atomic E-state index is 14.1. The molecular formula is C14H17F2N3O2. The highest BCUT2D eigenvalue weighted by Gasteiger charge is 2.29. The number of nitrogens with zero attached hydrogens (tertiary/aromatic N) is 2. The number of hydrogen-bond acceptors (Lipinski definition) is 3. The van der Waals surface area contributed by atoms with Crippen LogP contribution in [-0.2, 0) is 10.3 Å². The van der Waals surface area contributed by atoms with Gasteiger partial charge in [0.25, 0.3) is 0 Å². The van der Waals surface area contributed by atoms with Gasteiger partial charge in [-0.25, -0.2) is 18.6 Å². The maximum Gasteiger partial charge on any atom is 0.345 e. The summed E-state index contributed by atoms with van der Waals surface area (Å²) in [6.07, 6.45) is 0. The SMILES string of the molecule is CON(C)C(=O)Nc1c(C#N)cc(F)c(F)c1C(C)(C)C. The highest BCUT2D eigenvalue weighted by molar-refractivity contribution is 5.91. The lowest BCUT2D eigenvalue weighted by Gasteiger charge is -2.25. The van der Waals surface area contributed by atoms with Crippen molar-refractivity contribution in [1.82, 2.24) is 5.06 Å². The molecule has 0 spiro atoms. The van der Waals surface area contributed by atoms with Gasteiger partial charge in [0.1, 0.15) is 6.07 Å². The minimum Gasteiger partial charge on any atom is -0.304 e. The number of rotatable bonds is 2. The monoisotopic (exact) mass is 297 g/mol. The summed E-state index contributed by atoms with van der Waals surface area (Å²) in [5.41, 5.74) is -1.10. The van der Waals surface area contributed by atoms with Crippen LogP contribution in [0.2, 0.25) is 0 Å². The third kappa shape index (κ3) is 3.47. The largest absolute Gasteiger partial charge is 0.345 e. The van der Waals surface area contributed by atoms with Gasteiger partial charge in [-0.3, -0.25) is 4.84 Å². The van der Waals surface area contributed by atoms with Crippen LogP contribution in [0.4, 0.5) is 19.3 Å². The molecule has 0 heterocycles. The van der Waals surface area contributed by atoms with Crippen molar-refractivity contribution in [2.45, 2.75) is 26.2 Å². The number of benzene rings is 1. The van der Waals surface area contributed by atoms with Crippen LogP contribution in [0.15, 0.2) is 6.07 Å². The summed E-state index contributed by atoms with van der Waals surface area (Å²) in [6, 6.07) is 1.81. The van der Waals surface area contributed by atoms with E-state index in [9.17, 15) is 13.6 Å². The number of amides is 2. The number of nitriles is 1. The van der Waals surface area contributed by atoms with Crippen LogP contribution >= 0.6 is 0 Å². The second-order valence-corrected chi connectivity index (χ2v) is 5.44. The van der Waals surface area contributed by atoms with Crippen LogP contribution in [0.1, 0.15) is 31.9 Å². The Balaban J connectivity index is 3.52. The number of nitrogens with one attached hydrogen (secondary N) is 1. The molecule has 1 N–H and O–H groups in total. The Kier molecular flexibility index (Phi) is 4.86. The molecule has 2 amide bonds. The fraction of sp³-hybridized carbons (Fsp3) is 0.429. The first-order valence-electron chi connectivity index (χ1n) is 6.14. The average Bonchev–Trinajstić information content (AvgIpc) is 2.39. The van der Waals surface area contributed by atoms with Gasteiger partial charge in [0, 0.05) is 12.6 Å². The van der Waals surface area contributed by atoms with E-state index in [0.717, 1.165) is 11.1 Å². The molecule has 1 aromatic rings. The summed E-state index contributed by atoms with van der Waals surface area (Å²) in [5, 5.41) is 12.4. The Hall–Kier alpha value is -2.20. The van der Waals surface area contributed by atoms with Gasteiger partial charge in [0.05, 0.1) is 18.4 Å². The van der Waals surface area contributed by atoms with Gasteiger partial charge in [0.15, 0.2) is 11.6 Å². The standard InChI is InChI=1S/C14H17F2N3O2/c1-14(2,3)10-11(16)9(15)6-8(7-17)12(10)18-13(20)19(4)21-5/h6H,1-5H3,(H,18,20). The molecule has 0 saturated heterocycles. The number of anilines is 1. The number of urea groups is 1. The van der Waals surface area contributed by atoms with Crippen molar-refractivity contribution >= 4 is 11.7 Å². The highest BCUT2D eigenvalue weighted by atomic mass is 19.2. The fourth-order valence-corrected chi connectivity index (χ4v) is 1.82. The summed E-state index contributed by atoms with van der Waals surface area (Å²) in [4.78, 5) is 16.6. The van der Waals surface area contributed by atoms with Gasteiger partial charge in [-0.1, -0.05) is 20.8 Å². The van der Waals surface area contributed by atoms with E-state index in [1.54, 1.807) is 26.8 Å². The number of carbonyl (C=O) groups is 1. The lowest BCUT2D eigenvalue weighted by atomic mass is 9.84. The molecule has 0 unspecified atom stereocenters. The van der Waals surface area contributed by atoms with Crippen molar-refractivity contribution in [2.75, 3.05) is 19.5 Å². The van der Waals surface area contributed by atoms with Crippen LogP contribution in [0.25, 0.3) is 0 Å². The van der Waals surface area contributed by atoms with Crippen molar-refractivity contribution in [3.63, 3.8) is 0 Å². The number of hydrogen-bond donors (Lipinski definition) is 1. The Morgan fingerprint density at radius 2 is 2.00 bits per heavy atom. The zero-order valence-electron chi connectivity index (χ0n) is 12.5. The summed E-state index contributed by atoms with van der Waals surface area (Å²) >= 11 is 0. The maximum absolute atomic E-state index is 14.1. The molecule has 5 nitrogen and oxygen atoms in total. The van der Waals surface area contributed by atoms with Crippen LogP contribution in [-0.4, -0.2) is 25.3 Å². The molecule has 0 aliphatic heterocycles. The van der Waals surface area contributed by atoms with Gasteiger partial charge in [-0.2, -0.15) is 5.26 Å². The second kappa shape index (κ2) is 6.06. The smallest absolute Gasteiger partial charge is 0.304 e. The van der Waals surface area contributed by atoms with E-state index in [2.05, 4.69) is 5.32 Å². The second-order valence-electron chi connectivity index (χ2n) is 5.44. The minimum absolute atomic E-state index is 0.0576. The van der Waals surface area contributed by atoms with E-state index in [0.29, 0.717) is 0 Å². The highest BCUT2D eigenvalue weighted by Crippen LogP contribution is 2.35. The van der Waals surface area contributed by atoms with E-state index in [-0.39, 0.29) is 16.8 Å². The van der Waals surface area contributed by atoms with Crippen molar-refractivity contribution in [1.29, 1.82) is 5.26 Å². The fourth-order valence-electron chi connectivity index (χ4n) is 1.82. The van der Waals surface area contributed by atoms with Crippen molar-refractivity contribution in [3.8, 4) is 6.07 Å². The zero-order chi connectivity index (χ0) is 16.4. The van der Waals surface area contributed by atoms with Gasteiger partial charge in [-0.15, -0.1) is 0 Å². The molecule has 0 aromatic heterocycles. The molecular weight excluding hydrogens is 280 g/mol. The third-order valence-corrected chi connectivity index (χ3v) is 2.88. The van der Waals surface area contributed by atoms with Crippen LogP contribution < -0.4 is 5.32 Å². The molecule has 0 aliphatic carbocycles. The van der Waals surface area contributed by atoms with Gasteiger partial charge in [0.2, 0.25) is 0 Å². The Labute approximate surface area is 122 Å². The Bertz CT molecular complexity index is 604. The molecule has 21 heavy (non-hydrogen) atoms. The molecule has 0 fully saturated rings. The molecule has 0 bridgehead atoms. The molecule has 1 aromatic carbocycles. The van der Waals surface area contributed by atoms with Gasteiger partial charge < -0.3 is 5.32 Å². The first-order chi connectivity index (χ1) is 9.63. The summed E-state index contributed by atoms with van der Waals surface area (Å²) in [6.45, 7) is 4.96. The molecule has 114 valence electrons. The lowest BCUT2D eigenvalue weighted by Crippen LogP contribution is -2.32. The predicted octanol–water partition coefficient (Wildman–Crippen LogP) is 3.16. The lowest BCUT2D eigenvalue weighted by molar-refractivity contribution is -0.0598. The summed E-state index contributed by atoms with van der Waals surface area (Å²) in [7, 11) is 2.62. The first-order valence-corrected chi connectivity index (χ1v) is 6.14. The molecule has 0 saturated carbocycles. The summed E-state index contributed by atoms with van der Waals surface area (Å²) < 4.78 is 27.8. The quantitative estimate of drug-likeness (QED) is 0.853. The van der Waals surface area contributed by atoms with Crippen molar-refractivity contribution < 1.29 is 18.4 Å². The predicted molar refractivity (Wildman–Crippen MR) is 73.6 cm³/mol. The summed E-state index contributed by atoms with van der Waals surface area (Å²) in [5.74, 6) is -2.22. The molecule has 0 atom stereocenters. The Morgan fingerprint density at radius 3 is 2.43 bits per heavy atom. The average molecular weight is 297 g/mol. The van der Waals surface area contributed by atoms with E-state index < -0.39 is 23.1 Å². The topological polar surface area (TPSA) is 65.4 Å². The molecule has 0 radical (unpaired) electrons. The number of carbonyl (C=O) groups excluding carboxylic acids is 1. The van der Waals surface area contributed by atoms with Crippen molar-refractivity contribution in [2.24, 2.45) is 0 Å². The van der Waals surface area contributed by atoms with E-state index in [1.807, 2.05) is 0 Å². The normalized spacial score (nSPS) is 11.0. The third-order valence-electron chi connectivity index (χ3n) is 2.88. The van der Waals surface area contributed by atoms with Crippen LogP contribution in [0.5, 0.6) is 0 Å². The Morgan fingerprint density at radius 1 is 1.43 bits per heavy atom. The number of hydroxylamine groups is 2.